The molecule has 0 saturated carbocycles. The molecule has 1 N–H and O–H groups in total. The van der Waals surface area contributed by atoms with E-state index in [0.717, 1.165) is 25.2 Å². The summed E-state index contributed by atoms with van der Waals surface area (Å²) in [6.45, 7) is 11.6. The van der Waals surface area contributed by atoms with E-state index in [0.29, 0.717) is 12.0 Å². The van der Waals surface area contributed by atoms with Crippen molar-refractivity contribution >= 4 is 11.6 Å². The van der Waals surface area contributed by atoms with Crippen molar-refractivity contribution in [2.24, 2.45) is 5.92 Å². The zero-order valence-corrected chi connectivity index (χ0v) is 13.5. The van der Waals surface area contributed by atoms with Crippen LogP contribution >= 0.6 is 11.6 Å². The van der Waals surface area contributed by atoms with Gasteiger partial charge in [-0.25, -0.2) is 4.39 Å². The predicted molar refractivity (Wildman–Crippen MR) is 82.5 cm³/mol. The average molecular weight is 299 g/mol. The lowest BCUT2D eigenvalue weighted by Gasteiger charge is -2.46. The molecule has 1 aromatic rings. The molecule has 1 aromatic carbocycles. The molecule has 2 rings (SSSR count). The summed E-state index contributed by atoms with van der Waals surface area (Å²) >= 11 is 5.75. The van der Waals surface area contributed by atoms with E-state index >= 15 is 0 Å². The van der Waals surface area contributed by atoms with Crippen molar-refractivity contribution in [1.29, 1.82) is 0 Å². The predicted octanol–water partition coefficient (Wildman–Crippen LogP) is 3.69. The number of hydrogen-bond acceptors (Lipinski definition) is 2. The first kappa shape index (κ1) is 15.7. The molecule has 1 aliphatic rings. The molecule has 1 fully saturated rings. The van der Waals surface area contributed by atoms with Gasteiger partial charge in [0.2, 0.25) is 0 Å². The maximum absolute atomic E-state index is 13.6. The number of nitrogens with zero attached hydrogens (tertiary/aromatic N) is 1. The van der Waals surface area contributed by atoms with E-state index in [-0.39, 0.29) is 16.4 Å². The van der Waals surface area contributed by atoms with Crippen LogP contribution < -0.4 is 5.32 Å². The van der Waals surface area contributed by atoms with Crippen LogP contribution in [0.1, 0.15) is 33.3 Å². The van der Waals surface area contributed by atoms with Crippen LogP contribution in [0.4, 0.5) is 4.39 Å². The Labute approximate surface area is 126 Å². The van der Waals surface area contributed by atoms with Gasteiger partial charge in [-0.2, -0.15) is 0 Å². The third kappa shape index (κ3) is 3.72. The first-order valence-corrected chi connectivity index (χ1v) is 7.59. The topological polar surface area (TPSA) is 15.3 Å². The number of piperazine rings is 1. The van der Waals surface area contributed by atoms with Crippen LogP contribution in [0, 0.1) is 11.7 Å². The molecule has 0 bridgehead atoms. The van der Waals surface area contributed by atoms with E-state index in [9.17, 15) is 4.39 Å². The molecule has 112 valence electrons. The Hall–Kier alpha value is -0.640. The Morgan fingerprint density at radius 1 is 1.45 bits per heavy atom. The number of nitrogens with one attached hydrogen (secondary N) is 1. The molecule has 1 atom stereocenters. The van der Waals surface area contributed by atoms with Gasteiger partial charge in [-0.1, -0.05) is 31.5 Å². The summed E-state index contributed by atoms with van der Waals surface area (Å²) in [6, 6.07) is 5.58. The van der Waals surface area contributed by atoms with Crippen LogP contribution in [0.2, 0.25) is 5.02 Å². The zero-order chi connectivity index (χ0) is 14.9. The van der Waals surface area contributed by atoms with Crippen LogP contribution in [0.15, 0.2) is 18.2 Å². The van der Waals surface area contributed by atoms with Crippen molar-refractivity contribution in [3.63, 3.8) is 0 Å². The minimum absolute atomic E-state index is 0.0936. The normalized spacial score (nSPS) is 23.2. The van der Waals surface area contributed by atoms with Gasteiger partial charge in [-0.3, -0.25) is 4.90 Å². The summed E-state index contributed by atoms with van der Waals surface area (Å²) in [5.74, 6) is 0.232. The lowest BCUT2D eigenvalue weighted by atomic mass is 9.92. The van der Waals surface area contributed by atoms with Crippen molar-refractivity contribution in [3.8, 4) is 0 Å². The molecule has 1 unspecified atom stereocenters. The van der Waals surface area contributed by atoms with Crippen molar-refractivity contribution in [2.75, 3.05) is 13.1 Å². The Morgan fingerprint density at radius 2 is 2.15 bits per heavy atom. The van der Waals surface area contributed by atoms with E-state index in [1.165, 1.54) is 0 Å². The third-order valence-electron chi connectivity index (χ3n) is 4.00. The number of benzene rings is 1. The van der Waals surface area contributed by atoms with Crippen LogP contribution in [0.25, 0.3) is 0 Å². The fourth-order valence-electron chi connectivity index (χ4n) is 2.89. The summed E-state index contributed by atoms with van der Waals surface area (Å²) in [5.41, 5.74) is 1.08. The Kier molecular flexibility index (Phi) is 4.73. The number of halogens is 2. The molecule has 20 heavy (non-hydrogen) atoms. The Morgan fingerprint density at radius 3 is 2.75 bits per heavy atom. The summed E-state index contributed by atoms with van der Waals surface area (Å²) < 4.78 is 13.6. The molecule has 0 aromatic heterocycles. The second kappa shape index (κ2) is 6.00. The van der Waals surface area contributed by atoms with Gasteiger partial charge >= 0.3 is 0 Å². The average Bonchev–Trinajstić information content (AvgIpc) is 2.32. The van der Waals surface area contributed by atoms with Crippen molar-refractivity contribution in [3.05, 3.63) is 34.6 Å². The molecule has 1 aliphatic heterocycles. The van der Waals surface area contributed by atoms with E-state index in [2.05, 4.69) is 37.9 Å². The highest BCUT2D eigenvalue weighted by molar-refractivity contribution is 6.30. The third-order valence-corrected chi connectivity index (χ3v) is 4.30. The minimum Gasteiger partial charge on any atom is -0.309 e. The van der Waals surface area contributed by atoms with E-state index in [4.69, 9.17) is 11.6 Å². The van der Waals surface area contributed by atoms with E-state index in [1.54, 1.807) is 12.1 Å². The monoisotopic (exact) mass is 298 g/mol. The molecule has 0 spiro atoms. The molecular weight excluding hydrogens is 275 g/mol. The highest BCUT2D eigenvalue weighted by Gasteiger charge is 2.33. The lowest BCUT2D eigenvalue weighted by molar-refractivity contribution is 0.0627. The molecule has 4 heteroatoms. The second-order valence-electron chi connectivity index (χ2n) is 6.73. The quantitative estimate of drug-likeness (QED) is 0.915. The standard InChI is InChI=1S/C16H24ClFN2/c1-11(2)15-8-19-16(3,4)10-20(15)9-12-5-6-13(17)14(18)7-12/h5-7,11,15,19H,8-10H2,1-4H3. The van der Waals surface area contributed by atoms with Gasteiger partial charge in [-0.15, -0.1) is 0 Å². The van der Waals surface area contributed by atoms with Crippen molar-refractivity contribution < 1.29 is 4.39 Å². The summed E-state index contributed by atoms with van der Waals surface area (Å²) in [5, 5.41) is 3.78. The van der Waals surface area contributed by atoms with Gasteiger partial charge in [0.25, 0.3) is 0 Å². The van der Waals surface area contributed by atoms with Crippen LogP contribution in [0.3, 0.4) is 0 Å². The zero-order valence-electron chi connectivity index (χ0n) is 12.7. The molecule has 0 amide bonds. The van der Waals surface area contributed by atoms with Gasteiger partial charge in [0.05, 0.1) is 5.02 Å². The molecule has 0 radical (unpaired) electrons. The van der Waals surface area contributed by atoms with Crippen LogP contribution in [0.5, 0.6) is 0 Å². The SMILES string of the molecule is CC(C)C1CNC(C)(C)CN1Cc1ccc(Cl)c(F)c1. The smallest absolute Gasteiger partial charge is 0.142 e. The first-order chi connectivity index (χ1) is 9.28. The molecule has 2 nitrogen and oxygen atoms in total. The number of rotatable bonds is 3. The van der Waals surface area contributed by atoms with Gasteiger partial charge in [0.1, 0.15) is 5.82 Å². The van der Waals surface area contributed by atoms with E-state index in [1.807, 2.05) is 6.07 Å². The van der Waals surface area contributed by atoms with Crippen LogP contribution in [-0.2, 0) is 6.54 Å². The summed E-state index contributed by atoms with van der Waals surface area (Å²) in [6.07, 6.45) is 0. The Balaban J connectivity index is 2.16. The number of hydrogen-bond donors (Lipinski definition) is 1. The molecule has 0 aliphatic carbocycles. The van der Waals surface area contributed by atoms with Crippen molar-refractivity contribution in [2.45, 2.75) is 45.8 Å². The fraction of sp³-hybridized carbons (Fsp3) is 0.625. The maximum Gasteiger partial charge on any atom is 0.142 e. The highest BCUT2D eigenvalue weighted by Crippen LogP contribution is 2.24. The highest BCUT2D eigenvalue weighted by atomic mass is 35.5. The lowest BCUT2D eigenvalue weighted by Crippen LogP contribution is -2.62. The molecular formula is C16H24ClFN2. The Bertz CT molecular complexity index is 474. The van der Waals surface area contributed by atoms with Crippen molar-refractivity contribution in [1.82, 2.24) is 10.2 Å². The fourth-order valence-corrected chi connectivity index (χ4v) is 3.01. The molecule has 1 saturated heterocycles. The second-order valence-corrected chi connectivity index (χ2v) is 7.14. The first-order valence-electron chi connectivity index (χ1n) is 7.21. The van der Waals surface area contributed by atoms with E-state index < -0.39 is 0 Å². The van der Waals surface area contributed by atoms with Gasteiger partial charge in [-0.05, 0) is 37.5 Å². The minimum atomic E-state index is -0.334. The summed E-state index contributed by atoms with van der Waals surface area (Å²) in [7, 11) is 0. The summed E-state index contributed by atoms with van der Waals surface area (Å²) in [4.78, 5) is 2.45. The largest absolute Gasteiger partial charge is 0.309 e. The van der Waals surface area contributed by atoms with Gasteiger partial charge < -0.3 is 5.32 Å². The van der Waals surface area contributed by atoms with Crippen LogP contribution in [-0.4, -0.2) is 29.6 Å². The van der Waals surface area contributed by atoms with Gasteiger partial charge in [0.15, 0.2) is 0 Å². The molecule has 1 heterocycles. The van der Waals surface area contributed by atoms with Gasteiger partial charge in [0, 0.05) is 31.2 Å². The maximum atomic E-state index is 13.6.